The fraction of sp³-hybridized carbons (Fsp3) is 0.366. The van der Waals surface area contributed by atoms with Crippen LogP contribution in [0.4, 0.5) is 25.4 Å². The first-order chi connectivity index (χ1) is 30.7. The molecule has 64 heavy (non-hydrogen) atoms. The fourth-order valence-electron chi connectivity index (χ4n) is 6.85. The van der Waals surface area contributed by atoms with E-state index in [1.54, 1.807) is 17.0 Å². The lowest BCUT2D eigenvalue weighted by Gasteiger charge is -2.35. The van der Waals surface area contributed by atoms with Crippen LogP contribution in [0.25, 0.3) is 0 Å². The van der Waals surface area contributed by atoms with Crippen LogP contribution in [0.3, 0.4) is 0 Å². The number of amides is 6. The molecular formula is C41H47FN10O12. The van der Waals surface area contributed by atoms with E-state index in [4.69, 9.17) is 9.47 Å². The Labute approximate surface area is 364 Å². The lowest BCUT2D eigenvalue weighted by Crippen LogP contribution is -2.49. The quantitative estimate of drug-likeness (QED) is 0.0552. The third-order valence-corrected chi connectivity index (χ3v) is 10.3. The Morgan fingerprint density at radius 3 is 2.25 bits per heavy atom. The van der Waals surface area contributed by atoms with Gasteiger partial charge in [-0.15, -0.1) is 5.10 Å². The van der Waals surface area contributed by atoms with Crippen LogP contribution in [0.5, 0.6) is 23.0 Å². The summed E-state index contributed by atoms with van der Waals surface area (Å²) >= 11 is 0. The molecule has 8 N–H and O–H groups in total. The number of anilines is 2. The van der Waals surface area contributed by atoms with E-state index >= 15 is 4.39 Å². The molecule has 2 aliphatic rings. The number of hydrogen-bond donors (Lipinski definition) is 8. The van der Waals surface area contributed by atoms with Crippen molar-refractivity contribution in [3.8, 4) is 23.0 Å². The Balaban J connectivity index is 0.954. The zero-order valence-electron chi connectivity index (χ0n) is 34.5. The predicted molar refractivity (Wildman–Crippen MR) is 222 cm³/mol. The van der Waals surface area contributed by atoms with Crippen molar-refractivity contribution in [3.05, 3.63) is 83.4 Å². The zero-order valence-corrected chi connectivity index (χ0v) is 34.5. The molecule has 23 heteroatoms. The summed E-state index contributed by atoms with van der Waals surface area (Å²) in [7, 11) is 0. The summed E-state index contributed by atoms with van der Waals surface area (Å²) in [6.45, 7) is 2.35. The van der Waals surface area contributed by atoms with Gasteiger partial charge in [-0.1, -0.05) is 17.3 Å². The second kappa shape index (κ2) is 20.8. The van der Waals surface area contributed by atoms with Crippen LogP contribution in [-0.4, -0.2) is 134 Å². The number of nitrogens with zero attached hydrogens (tertiary/aromatic N) is 6. The average molecular weight is 891 g/mol. The minimum absolute atomic E-state index is 0.0860. The smallest absolute Gasteiger partial charge is 0.414 e. The van der Waals surface area contributed by atoms with Crippen molar-refractivity contribution in [2.75, 3.05) is 55.6 Å². The van der Waals surface area contributed by atoms with Gasteiger partial charge in [-0.25, -0.2) is 18.7 Å². The Hall–Kier alpha value is -7.85. The third-order valence-electron chi connectivity index (χ3n) is 10.3. The standard InChI is InChI=1S/C41H47FN10O12/c1-24(53)44-20-27-22-52(41(62)64-27)26-11-12-32(30(42)18-26)49-14-16-50(17-15-49)40(61)63-23-51-21-25(47-48-51)19-45-39(60)31(46-38(59)29-7-5-10-34(55)36(29)57)8-2-3-13-43-37(58)28-6-4-9-33(54)35(28)56/h4-7,9-12,18,21,27,31,54-57H,2-3,8,13-17,19-20,22-23H2,1H3,(H,43,58)(H,44,53)(H,45,60)(H,46,59)/t27-,31?/m0/s1. The highest BCUT2D eigenvalue weighted by atomic mass is 19.1. The summed E-state index contributed by atoms with van der Waals surface area (Å²) in [4.78, 5) is 79.9. The van der Waals surface area contributed by atoms with Crippen LogP contribution < -0.4 is 31.1 Å². The molecule has 22 nitrogen and oxygen atoms in total. The van der Waals surface area contributed by atoms with E-state index in [1.807, 2.05) is 0 Å². The van der Waals surface area contributed by atoms with Gasteiger partial charge in [-0.3, -0.25) is 24.1 Å². The van der Waals surface area contributed by atoms with Crippen molar-refractivity contribution in [1.29, 1.82) is 0 Å². The van der Waals surface area contributed by atoms with Crippen molar-refractivity contribution in [1.82, 2.24) is 41.2 Å². The molecule has 0 bridgehead atoms. The van der Waals surface area contributed by atoms with Gasteiger partial charge in [0.15, 0.2) is 29.7 Å². The highest BCUT2D eigenvalue weighted by molar-refractivity contribution is 6.00. The summed E-state index contributed by atoms with van der Waals surface area (Å²) in [6, 6.07) is 11.0. The summed E-state index contributed by atoms with van der Waals surface area (Å²) < 4.78 is 27.2. The highest BCUT2D eigenvalue weighted by Gasteiger charge is 2.33. The number of cyclic esters (lactones) is 1. The molecule has 2 saturated heterocycles. The summed E-state index contributed by atoms with van der Waals surface area (Å²) in [5, 5.41) is 58.1. The molecule has 1 unspecified atom stereocenters. The van der Waals surface area contributed by atoms with Crippen LogP contribution in [0.2, 0.25) is 0 Å². The zero-order chi connectivity index (χ0) is 45.9. The lowest BCUT2D eigenvalue weighted by atomic mass is 10.1. The van der Waals surface area contributed by atoms with Gasteiger partial charge in [0.05, 0.1) is 48.3 Å². The number of nitrogens with one attached hydrogen (secondary N) is 4. The highest BCUT2D eigenvalue weighted by Crippen LogP contribution is 2.30. The van der Waals surface area contributed by atoms with Gasteiger partial charge >= 0.3 is 12.2 Å². The molecular weight excluding hydrogens is 844 g/mol. The minimum atomic E-state index is -1.14. The number of rotatable bonds is 17. The van der Waals surface area contributed by atoms with Crippen molar-refractivity contribution in [2.45, 2.75) is 51.6 Å². The largest absolute Gasteiger partial charge is 0.504 e. The van der Waals surface area contributed by atoms with Crippen molar-refractivity contribution >= 4 is 47.2 Å². The number of piperazine rings is 1. The molecule has 0 radical (unpaired) electrons. The molecule has 2 fully saturated rings. The number of benzene rings is 3. The Bertz CT molecular complexity index is 2370. The van der Waals surface area contributed by atoms with E-state index in [-0.39, 0.29) is 75.1 Å². The Morgan fingerprint density at radius 2 is 1.58 bits per heavy atom. The fourth-order valence-corrected chi connectivity index (χ4v) is 6.85. The second-order valence-corrected chi connectivity index (χ2v) is 14.8. The van der Waals surface area contributed by atoms with Gasteiger partial charge in [-0.2, -0.15) is 0 Å². The van der Waals surface area contributed by atoms with Crippen LogP contribution in [-0.2, 0) is 32.3 Å². The summed E-state index contributed by atoms with van der Waals surface area (Å²) in [6.07, 6.45) is 0.334. The first kappa shape index (κ1) is 45.7. The molecule has 3 aromatic carbocycles. The number of ether oxygens (including phenoxy) is 2. The number of aromatic nitrogens is 3. The van der Waals surface area contributed by atoms with Gasteiger partial charge < -0.3 is 61.0 Å². The molecule has 340 valence electrons. The monoisotopic (exact) mass is 890 g/mol. The van der Waals surface area contributed by atoms with E-state index < -0.39 is 70.9 Å². The number of halogens is 1. The minimum Gasteiger partial charge on any atom is -0.504 e. The van der Waals surface area contributed by atoms with E-state index in [0.717, 1.165) is 0 Å². The number of para-hydroxylation sites is 2. The third kappa shape index (κ3) is 11.5. The van der Waals surface area contributed by atoms with Crippen molar-refractivity contribution in [3.63, 3.8) is 0 Å². The molecule has 6 rings (SSSR count). The van der Waals surface area contributed by atoms with Crippen LogP contribution >= 0.6 is 0 Å². The lowest BCUT2D eigenvalue weighted by molar-refractivity contribution is -0.123. The molecule has 3 heterocycles. The van der Waals surface area contributed by atoms with E-state index in [9.17, 15) is 49.2 Å². The Morgan fingerprint density at radius 1 is 0.891 bits per heavy atom. The van der Waals surface area contributed by atoms with Crippen molar-refractivity contribution in [2.24, 2.45) is 0 Å². The molecule has 0 spiro atoms. The van der Waals surface area contributed by atoms with Crippen molar-refractivity contribution < 1.29 is 63.1 Å². The maximum atomic E-state index is 15.3. The number of hydrogen-bond acceptors (Lipinski definition) is 15. The van der Waals surface area contributed by atoms with Crippen LogP contribution in [0, 0.1) is 5.82 Å². The van der Waals surface area contributed by atoms with Gasteiger partial charge in [0, 0.05) is 39.6 Å². The molecule has 6 amide bonds. The topological polar surface area (TPSA) is 290 Å². The van der Waals surface area contributed by atoms with Gasteiger partial charge in [-0.05, 0) is 61.7 Å². The number of aromatic hydroxyl groups is 4. The predicted octanol–water partition coefficient (Wildman–Crippen LogP) is 1.63. The average Bonchev–Trinajstić information content (AvgIpc) is 3.90. The van der Waals surface area contributed by atoms with E-state index in [2.05, 4.69) is 31.6 Å². The number of phenolic OH excluding ortho intramolecular Hbond substituents is 4. The maximum Gasteiger partial charge on any atom is 0.414 e. The molecule has 0 saturated carbocycles. The van der Waals surface area contributed by atoms with E-state index in [0.29, 0.717) is 37.3 Å². The maximum absolute atomic E-state index is 15.3. The molecule has 4 aromatic rings. The molecule has 2 atom stereocenters. The summed E-state index contributed by atoms with van der Waals surface area (Å²) in [5.41, 5.74) is 0.499. The van der Waals surface area contributed by atoms with Gasteiger partial charge in [0.1, 0.15) is 23.7 Å². The number of carbonyl (C=O) groups excluding carboxylic acids is 6. The normalized spacial score (nSPS) is 15.2. The SMILES string of the molecule is CC(=O)NC[C@H]1CN(c2ccc(N3CCN(C(=O)OCn4cc(CNC(=O)C(CCCCNC(=O)c5cccc(O)c5O)NC(=O)c5cccc(O)c5O)nn4)CC3)c(F)c2)C(=O)O1. The molecule has 1 aromatic heterocycles. The first-order valence-electron chi connectivity index (χ1n) is 20.1. The molecule has 2 aliphatic heterocycles. The van der Waals surface area contributed by atoms with Gasteiger partial charge in [0.2, 0.25) is 11.8 Å². The van der Waals surface area contributed by atoms with E-state index in [1.165, 1.54) is 70.1 Å². The van der Waals surface area contributed by atoms with Crippen LogP contribution in [0.15, 0.2) is 60.8 Å². The second-order valence-electron chi connectivity index (χ2n) is 14.8. The summed E-state index contributed by atoms with van der Waals surface area (Å²) in [5.74, 6) is -5.11. The molecule has 0 aliphatic carbocycles. The number of carbonyl (C=O) groups is 6. The van der Waals surface area contributed by atoms with Crippen LogP contribution in [0.1, 0.15) is 52.6 Å². The Kier molecular flexibility index (Phi) is 14.9. The first-order valence-corrected chi connectivity index (χ1v) is 20.1. The number of phenols is 4. The number of unbranched alkanes of at least 4 members (excludes halogenated alkanes) is 1. The van der Waals surface area contributed by atoms with Gasteiger partial charge in [0.25, 0.3) is 11.8 Å².